The molecule has 1 aromatic carbocycles. The van der Waals surface area contributed by atoms with Gasteiger partial charge < -0.3 is 5.73 Å². The summed E-state index contributed by atoms with van der Waals surface area (Å²) in [5, 5.41) is 1.43. The van der Waals surface area contributed by atoms with Crippen LogP contribution in [0.4, 0.5) is 0 Å². The molecule has 1 aromatic rings. The van der Waals surface area contributed by atoms with E-state index in [1.54, 1.807) is 6.07 Å². The van der Waals surface area contributed by atoms with Crippen LogP contribution in [0, 0.1) is 5.92 Å². The van der Waals surface area contributed by atoms with Crippen LogP contribution in [-0.2, 0) is 0 Å². The molecule has 13 heavy (non-hydrogen) atoms. The van der Waals surface area contributed by atoms with Gasteiger partial charge in [0.15, 0.2) is 0 Å². The minimum absolute atomic E-state index is 0.584. The maximum atomic E-state index is 5.90. The van der Waals surface area contributed by atoms with E-state index in [2.05, 4.69) is 0 Å². The minimum Gasteiger partial charge on any atom is -0.330 e. The Morgan fingerprint density at radius 3 is 2.31 bits per heavy atom. The van der Waals surface area contributed by atoms with Crippen LogP contribution in [0.1, 0.15) is 17.9 Å². The molecule has 2 rings (SSSR count). The Morgan fingerprint density at radius 1 is 1.23 bits per heavy atom. The van der Waals surface area contributed by atoms with E-state index in [0.29, 0.717) is 21.9 Å². The number of hydrogen-bond donors (Lipinski definition) is 1. The van der Waals surface area contributed by atoms with Crippen molar-refractivity contribution in [2.75, 3.05) is 6.54 Å². The van der Waals surface area contributed by atoms with Crippen LogP contribution in [-0.4, -0.2) is 6.54 Å². The van der Waals surface area contributed by atoms with Gasteiger partial charge in [-0.2, -0.15) is 0 Å². The third kappa shape index (κ3) is 1.98. The fourth-order valence-electron chi connectivity index (χ4n) is 1.71. The molecule has 0 heterocycles. The van der Waals surface area contributed by atoms with E-state index in [1.165, 1.54) is 12.0 Å². The lowest BCUT2D eigenvalue weighted by molar-refractivity contribution is 0.810. The topological polar surface area (TPSA) is 26.0 Å². The molecule has 1 fully saturated rings. The maximum Gasteiger partial charge on any atom is 0.0423 e. The van der Waals surface area contributed by atoms with Gasteiger partial charge in [-0.15, -0.1) is 0 Å². The average molecular weight is 216 g/mol. The van der Waals surface area contributed by atoms with E-state index < -0.39 is 0 Å². The van der Waals surface area contributed by atoms with Crippen LogP contribution in [0.3, 0.4) is 0 Å². The molecule has 0 amide bonds. The lowest BCUT2D eigenvalue weighted by Crippen LogP contribution is -2.01. The van der Waals surface area contributed by atoms with Crippen LogP contribution >= 0.6 is 23.2 Å². The highest BCUT2D eigenvalue weighted by atomic mass is 35.5. The average Bonchev–Trinajstić information content (AvgIpc) is 2.80. The van der Waals surface area contributed by atoms with Crippen LogP contribution in [0.5, 0.6) is 0 Å². The highest BCUT2D eigenvalue weighted by molar-refractivity contribution is 6.34. The predicted molar refractivity (Wildman–Crippen MR) is 56.4 cm³/mol. The van der Waals surface area contributed by atoms with Crippen molar-refractivity contribution in [3.05, 3.63) is 33.8 Å². The Balaban J connectivity index is 2.22. The molecule has 0 bridgehead atoms. The van der Waals surface area contributed by atoms with Crippen molar-refractivity contribution in [2.24, 2.45) is 11.7 Å². The van der Waals surface area contributed by atoms with Crippen molar-refractivity contribution in [3.63, 3.8) is 0 Å². The maximum absolute atomic E-state index is 5.90. The molecule has 1 aliphatic rings. The van der Waals surface area contributed by atoms with Crippen LogP contribution in [0.15, 0.2) is 18.2 Å². The molecule has 3 heteroatoms. The highest BCUT2D eigenvalue weighted by Gasteiger charge is 2.37. The zero-order chi connectivity index (χ0) is 9.42. The summed E-state index contributed by atoms with van der Waals surface area (Å²) in [4.78, 5) is 0. The van der Waals surface area contributed by atoms with Gasteiger partial charge in [0.2, 0.25) is 0 Å². The Bertz CT molecular complexity index is 304. The summed E-state index contributed by atoms with van der Waals surface area (Å²) in [5.41, 5.74) is 6.80. The lowest BCUT2D eigenvalue weighted by atomic mass is 10.1. The standard InChI is InChI=1S/C10H11Cl2N/c11-8-1-6(2-9(12)4-8)10-3-7(10)5-13/h1-2,4,7,10H,3,5,13H2/t7-,10-/m1/s1. The molecule has 1 aliphatic carbocycles. The van der Waals surface area contributed by atoms with Crippen molar-refractivity contribution < 1.29 is 0 Å². The van der Waals surface area contributed by atoms with Crippen molar-refractivity contribution >= 4 is 23.2 Å². The van der Waals surface area contributed by atoms with Gasteiger partial charge in [0.25, 0.3) is 0 Å². The summed E-state index contributed by atoms with van der Waals surface area (Å²) in [6.45, 7) is 0.759. The molecule has 1 nitrogen and oxygen atoms in total. The number of nitrogens with two attached hydrogens (primary N) is 1. The van der Waals surface area contributed by atoms with Crippen LogP contribution in [0.25, 0.3) is 0 Å². The molecule has 0 aromatic heterocycles. The van der Waals surface area contributed by atoms with Crippen molar-refractivity contribution in [3.8, 4) is 0 Å². The first-order valence-corrected chi connectivity index (χ1v) is 5.12. The second-order valence-electron chi connectivity index (χ2n) is 3.54. The summed E-state index contributed by atoms with van der Waals surface area (Å²) in [6.07, 6.45) is 1.17. The molecular formula is C10H11Cl2N. The van der Waals surface area contributed by atoms with E-state index >= 15 is 0 Å². The Labute approximate surface area is 87.8 Å². The van der Waals surface area contributed by atoms with Gasteiger partial charge in [0, 0.05) is 10.0 Å². The summed E-state index contributed by atoms with van der Waals surface area (Å²) < 4.78 is 0. The summed E-state index contributed by atoms with van der Waals surface area (Å²) in [6, 6.07) is 5.72. The van der Waals surface area contributed by atoms with Gasteiger partial charge in [-0.1, -0.05) is 23.2 Å². The molecule has 70 valence electrons. The highest BCUT2D eigenvalue weighted by Crippen LogP contribution is 2.47. The second-order valence-corrected chi connectivity index (χ2v) is 4.41. The number of halogens is 2. The minimum atomic E-state index is 0.584. The molecule has 0 radical (unpaired) electrons. The molecule has 0 unspecified atom stereocenters. The molecule has 0 spiro atoms. The molecule has 1 saturated carbocycles. The third-order valence-electron chi connectivity index (χ3n) is 2.54. The number of benzene rings is 1. The van der Waals surface area contributed by atoms with Crippen molar-refractivity contribution in [1.29, 1.82) is 0 Å². The molecular weight excluding hydrogens is 205 g/mol. The first-order valence-electron chi connectivity index (χ1n) is 4.37. The molecule has 2 N–H and O–H groups in total. The Kier molecular flexibility index (Phi) is 2.50. The fourth-order valence-corrected chi connectivity index (χ4v) is 2.25. The first kappa shape index (κ1) is 9.32. The second kappa shape index (κ2) is 3.49. The van der Waals surface area contributed by atoms with Gasteiger partial charge in [0.1, 0.15) is 0 Å². The van der Waals surface area contributed by atoms with Gasteiger partial charge in [-0.3, -0.25) is 0 Å². The monoisotopic (exact) mass is 215 g/mol. The fraction of sp³-hybridized carbons (Fsp3) is 0.400. The van der Waals surface area contributed by atoms with Gasteiger partial charge in [-0.05, 0) is 48.6 Å². The molecule has 0 saturated heterocycles. The van der Waals surface area contributed by atoms with Crippen molar-refractivity contribution in [1.82, 2.24) is 0 Å². The van der Waals surface area contributed by atoms with Gasteiger partial charge in [0.05, 0.1) is 0 Å². The lowest BCUT2D eigenvalue weighted by Gasteiger charge is -2.01. The largest absolute Gasteiger partial charge is 0.330 e. The Morgan fingerprint density at radius 2 is 1.85 bits per heavy atom. The van der Waals surface area contributed by atoms with Gasteiger partial charge >= 0.3 is 0 Å². The zero-order valence-electron chi connectivity index (χ0n) is 7.13. The van der Waals surface area contributed by atoms with E-state index in [4.69, 9.17) is 28.9 Å². The Hall–Kier alpha value is -0.240. The molecule has 0 aliphatic heterocycles. The normalized spacial score (nSPS) is 26.1. The first-order chi connectivity index (χ1) is 6.20. The van der Waals surface area contributed by atoms with Gasteiger partial charge in [-0.25, -0.2) is 0 Å². The third-order valence-corrected chi connectivity index (χ3v) is 2.97. The van der Waals surface area contributed by atoms with E-state index in [0.717, 1.165) is 6.54 Å². The number of hydrogen-bond acceptors (Lipinski definition) is 1. The molecule has 2 atom stereocenters. The number of rotatable bonds is 2. The quantitative estimate of drug-likeness (QED) is 0.807. The van der Waals surface area contributed by atoms with Crippen LogP contribution in [0.2, 0.25) is 10.0 Å². The van der Waals surface area contributed by atoms with E-state index in [-0.39, 0.29) is 0 Å². The van der Waals surface area contributed by atoms with E-state index in [9.17, 15) is 0 Å². The summed E-state index contributed by atoms with van der Waals surface area (Å²) in [5.74, 6) is 1.22. The predicted octanol–water partition coefficient (Wildman–Crippen LogP) is 3.06. The summed E-state index contributed by atoms with van der Waals surface area (Å²) in [7, 11) is 0. The van der Waals surface area contributed by atoms with E-state index in [1.807, 2.05) is 12.1 Å². The van der Waals surface area contributed by atoms with Crippen molar-refractivity contribution in [2.45, 2.75) is 12.3 Å². The summed E-state index contributed by atoms with van der Waals surface area (Å²) >= 11 is 11.8. The zero-order valence-corrected chi connectivity index (χ0v) is 8.65. The smallest absolute Gasteiger partial charge is 0.0423 e. The SMILES string of the molecule is NC[C@H]1C[C@@H]1c1cc(Cl)cc(Cl)c1. The van der Waals surface area contributed by atoms with Crippen LogP contribution < -0.4 is 5.73 Å².